The summed E-state index contributed by atoms with van der Waals surface area (Å²) >= 11 is 0. The van der Waals surface area contributed by atoms with Gasteiger partial charge in [0.15, 0.2) is 0 Å². The second kappa shape index (κ2) is 5.53. The van der Waals surface area contributed by atoms with Crippen LogP contribution in [0.3, 0.4) is 0 Å². The number of piperidine rings is 1. The van der Waals surface area contributed by atoms with E-state index in [4.69, 9.17) is 0 Å². The maximum atomic E-state index is 3.99. The van der Waals surface area contributed by atoms with Gasteiger partial charge in [-0.1, -0.05) is 44.0 Å². The highest BCUT2D eigenvalue weighted by Gasteiger charge is 2.53. The van der Waals surface area contributed by atoms with Gasteiger partial charge in [0.2, 0.25) is 0 Å². The number of rotatable bonds is 3. The van der Waals surface area contributed by atoms with Crippen molar-refractivity contribution in [2.24, 2.45) is 5.92 Å². The molecule has 0 aromatic heterocycles. The van der Waals surface area contributed by atoms with Gasteiger partial charge in [0, 0.05) is 18.0 Å². The molecule has 0 unspecified atom stereocenters. The molecule has 1 aromatic carbocycles. The molecule has 3 aliphatic rings. The first-order chi connectivity index (χ1) is 10.8. The van der Waals surface area contributed by atoms with Crippen molar-refractivity contribution >= 4 is 0 Å². The Hall–Kier alpha value is -1.08. The summed E-state index contributed by atoms with van der Waals surface area (Å²) in [6.45, 7) is 8.61. The summed E-state index contributed by atoms with van der Waals surface area (Å²) in [5, 5.41) is 0. The standard InChI is InChI=1S/C21H29N/c1-3-12-22-13-11-21-10-6-5-7-18(21)20(22)15-17-9-8-16(4-2)14-19(17)21/h3,8-9,14,18,20H,1,4-7,10-13,15H2,2H3/t18-,20+,21+/m0/s1. The SMILES string of the molecule is C=CCN1CC[C@]23CCCC[C@H]2[C@H]1Cc1ccc(CC)cc13. The average molecular weight is 295 g/mol. The highest BCUT2D eigenvalue weighted by Crippen LogP contribution is 2.55. The zero-order chi connectivity index (χ0) is 15.2. The highest BCUT2D eigenvalue weighted by atomic mass is 15.2. The van der Waals surface area contributed by atoms with Crippen LogP contribution in [0.1, 0.15) is 55.7 Å². The van der Waals surface area contributed by atoms with Gasteiger partial charge in [-0.05, 0) is 61.3 Å². The molecular weight excluding hydrogens is 266 g/mol. The molecule has 2 bridgehead atoms. The first-order valence-electron chi connectivity index (χ1n) is 9.26. The van der Waals surface area contributed by atoms with Gasteiger partial charge in [0.25, 0.3) is 0 Å². The van der Waals surface area contributed by atoms with Gasteiger partial charge in [-0.15, -0.1) is 6.58 Å². The molecule has 22 heavy (non-hydrogen) atoms. The Morgan fingerprint density at radius 2 is 2.23 bits per heavy atom. The van der Waals surface area contributed by atoms with Gasteiger partial charge in [0.05, 0.1) is 0 Å². The van der Waals surface area contributed by atoms with E-state index in [9.17, 15) is 0 Å². The van der Waals surface area contributed by atoms with Gasteiger partial charge in [-0.3, -0.25) is 4.90 Å². The molecule has 0 spiro atoms. The topological polar surface area (TPSA) is 3.24 Å². The molecule has 1 heterocycles. The van der Waals surface area contributed by atoms with Crippen LogP contribution in [0.4, 0.5) is 0 Å². The molecule has 3 atom stereocenters. The maximum Gasteiger partial charge on any atom is 0.0176 e. The van der Waals surface area contributed by atoms with Crippen LogP contribution in [0.2, 0.25) is 0 Å². The average Bonchev–Trinajstić information content (AvgIpc) is 2.57. The largest absolute Gasteiger partial charge is 0.296 e. The van der Waals surface area contributed by atoms with Crippen LogP contribution in [0.15, 0.2) is 30.9 Å². The quantitative estimate of drug-likeness (QED) is 0.742. The van der Waals surface area contributed by atoms with Crippen molar-refractivity contribution in [2.75, 3.05) is 13.1 Å². The first-order valence-corrected chi connectivity index (χ1v) is 9.26. The molecule has 0 amide bonds. The van der Waals surface area contributed by atoms with Gasteiger partial charge < -0.3 is 0 Å². The van der Waals surface area contributed by atoms with E-state index >= 15 is 0 Å². The minimum atomic E-state index is 0.499. The number of likely N-dealkylation sites (tertiary alicyclic amines) is 1. The Balaban J connectivity index is 1.82. The lowest BCUT2D eigenvalue weighted by Crippen LogP contribution is -2.60. The summed E-state index contributed by atoms with van der Waals surface area (Å²) in [4.78, 5) is 2.72. The molecule has 1 saturated heterocycles. The normalized spacial score (nSPS) is 33.9. The molecule has 4 rings (SSSR count). The minimum Gasteiger partial charge on any atom is -0.296 e. The molecule has 2 fully saturated rings. The van der Waals surface area contributed by atoms with Gasteiger partial charge in [-0.2, -0.15) is 0 Å². The van der Waals surface area contributed by atoms with E-state index in [1.54, 1.807) is 11.1 Å². The van der Waals surface area contributed by atoms with Gasteiger partial charge >= 0.3 is 0 Å². The third-order valence-electron chi connectivity index (χ3n) is 6.79. The van der Waals surface area contributed by atoms with Crippen molar-refractivity contribution in [2.45, 2.75) is 63.3 Å². The maximum absolute atomic E-state index is 3.99. The summed E-state index contributed by atoms with van der Waals surface area (Å²) in [7, 11) is 0. The molecule has 1 nitrogen and oxygen atoms in total. The summed E-state index contributed by atoms with van der Waals surface area (Å²) in [5.74, 6) is 0.884. The van der Waals surface area contributed by atoms with Gasteiger partial charge in [-0.25, -0.2) is 0 Å². The van der Waals surface area contributed by atoms with Crippen molar-refractivity contribution in [1.29, 1.82) is 0 Å². The molecule has 1 heteroatoms. The number of hydrogen-bond acceptors (Lipinski definition) is 1. The van der Waals surface area contributed by atoms with E-state index in [1.165, 1.54) is 57.1 Å². The third-order valence-corrected chi connectivity index (χ3v) is 6.79. The monoisotopic (exact) mass is 295 g/mol. The number of hydrogen-bond donors (Lipinski definition) is 0. The van der Waals surface area contributed by atoms with Crippen LogP contribution in [-0.2, 0) is 18.3 Å². The van der Waals surface area contributed by atoms with Crippen LogP contribution in [-0.4, -0.2) is 24.0 Å². The van der Waals surface area contributed by atoms with E-state index in [-0.39, 0.29) is 0 Å². The summed E-state index contributed by atoms with van der Waals surface area (Å²) < 4.78 is 0. The highest BCUT2D eigenvalue weighted by molar-refractivity contribution is 5.43. The Kier molecular flexibility index (Phi) is 3.64. The second-order valence-electron chi connectivity index (χ2n) is 7.66. The second-order valence-corrected chi connectivity index (χ2v) is 7.66. The van der Waals surface area contributed by atoms with Crippen LogP contribution in [0.5, 0.6) is 0 Å². The third kappa shape index (κ3) is 2.01. The van der Waals surface area contributed by atoms with Crippen LogP contribution < -0.4 is 0 Å². The molecule has 0 radical (unpaired) electrons. The van der Waals surface area contributed by atoms with Crippen molar-refractivity contribution in [3.05, 3.63) is 47.5 Å². The van der Waals surface area contributed by atoms with Crippen molar-refractivity contribution in [3.8, 4) is 0 Å². The molecule has 1 aliphatic heterocycles. The van der Waals surface area contributed by atoms with Crippen LogP contribution in [0.25, 0.3) is 0 Å². The fraction of sp³-hybridized carbons (Fsp3) is 0.619. The van der Waals surface area contributed by atoms with E-state index in [0.29, 0.717) is 5.41 Å². The Morgan fingerprint density at radius 1 is 1.32 bits per heavy atom. The number of aryl methyl sites for hydroxylation is 1. The predicted octanol–water partition coefficient (Wildman–Crippen LogP) is 4.49. The minimum absolute atomic E-state index is 0.499. The molecular formula is C21H29N. The lowest BCUT2D eigenvalue weighted by Gasteiger charge is -2.59. The molecule has 1 aromatic rings. The number of benzene rings is 1. The predicted molar refractivity (Wildman–Crippen MR) is 93.3 cm³/mol. The van der Waals surface area contributed by atoms with Crippen LogP contribution in [0, 0.1) is 5.92 Å². The Bertz CT molecular complexity index is 575. The summed E-state index contributed by atoms with van der Waals surface area (Å²) in [5.41, 5.74) is 5.42. The smallest absolute Gasteiger partial charge is 0.0176 e. The summed E-state index contributed by atoms with van der Waals surface area (Å²) in [6.07, 6.45) is 11.6. The summed E-state index contributed by atoms with van der Waals surface area (Å²) in [6, 6.07) is 8.15. The lowest BCUT2D eigenvalue weighted by atomic mass is 9.52. The molecule has 2 aliphatic carbocycles. The zero-order valence-electron chi connectivity index (χ0n) is 14.0. The Morgan fingerprint density at radius 3 is 3.05 bits per heavy atom. The molecule has 0 N–H and O–H groups in total. The van der Waals surface area contributed by atoms with Crippen molar-refractivity contribution < 1.29 is 0 Å². The molecule has 1 saturated carbocycles. The first kappa shape index (κ1) is 14.5. The fourth-order valence-electron chi connectivity index (χ4n) is 5.74. The fourth-order valence-corrected chi connectivity index (χ4v) is 5.74. The van der Waals surface area contributed by atoms with Crippen LogP contribution >= 0.6 is 0 Å². The Labute approximate surface area is 135 Å². The zero-order valence-corrected chi connectivity index (χ0v) is 14.0. The van der Waals surface area contributed by atoms with Crippen molar-refractivity contribution in [3.63, 3.8) is 0 Å². The van der Waals surface area contributed by atoms with E-state index in [0.717, 1.165) is 18.5 Å². The van der Waals surface area contributed by atoms with E-state index < -0.39 is 0 Å². The number of nitrogens with zero attached hydrogens (tertiary/aromatic N) is 1. The van der Waals surface area contributed by atoms with E-state index in [1.807, 2.05) is 0 Å². The molecule has 118 valence electrons. The lowest BCUT2D eigenvalue weighted by molar-refractivity contribution is -0.00510. The van der Waals surface area contributed by atoms with Crippen molar-refractivity contribution in [1.82, 2.24) is 4.90 Å². The van der Waals surface area contributed by atoms with Gasteiger partial charge in [0.1, 0.15) is 0 Å². The number of fused-ring (bicyclic) bond motifs is 1. The van der Waals surface area contributed by atoms with E-state index in [2.05, 4.69) is 42.7 Å².